The van der Waals surface area contributed by atoms with Gasteiger partial charge in [-0.2, -0.15) is 0 Å². The first kappa shape index (κ1) is 27.2. The molecule has 3 N–H and O–H groups in total. The second-order valence-electron chi connectivity index (χ2n) is 6.66. The molecule has 7 nitrogen and oxygen atoms in total. The minimum atomic E-state index is -0.0223. The number of methoxy groups -OCH3 is 1. The molecule has 31 heavy (non-hydrogen) atoms. The van der Waals surface area contributed by atoms with Gasteiger partial charge >= 0.3 is 0 Å². The number of carbonyl (C=O) groups is 1. The SMILES string of the molecule is CCNC(=NCc1ccc(C)cc1OCCOC)NCCCNC(=O)c1cccs1.I. The number of nitrogens with zero attached hydrogens (tertiary/aromatic N) is 1. The average molecular weight is 561 g/mol. The fraction of sp³-hybridized carbons (Fsp3) is 0.455. The number of guanidine groups is 1. The minimum Gasteiger partial charge on any atom is -0.491 e. The Bertz CT molecular complexity index is 800. The number of amides is 1. The monoisotopic (exact) mass is 560 g/mol. The molecular formula is C22H33IN4O3S. The van der Waals surface area contributed by atoms with Crippen LogP contribution in [0.25, 0.3) is 0 Å². The fourth-order valence-corrected chi connectivity index (χ4v) is 3.30. The molecule has 172 valence electrons. The zero-order chi connectivity index (χ0) is 21.6. The molecule has 2 aromatic rings. The van der Waals surface area contributed by atoms with Crippen molar-refractivity contribution in [3.8, 4) is 5.75 Å². The van der Waals surface area contributed by atoms with E-state index in [2.05, 4.69) is 27.0 Å². The summed E-state index contributed by atoms with van der Waals surface area (Å²) < 4.78 is 10.9. The Morgan fingerprint density at radius 3 is 2.65 bits per heavy atom. The molecule has 1 aromatic heterocycles. The lowest BCUT2D eigenvalue weighted by atomic mass is 10.1. The first-order valence-corrected chi connectivity index (χ1v) is 11.1. The van der Waals surface area contributed by atoms with Crippen molar-refractivity contribution in [3.63, 3.8) is 0 Å². The third kappa shape index (κ3) is 10.3. The lowest BCUT2D eigenvalue weighted by molar-refractivity contribution is 0.0957. The van der Waals surface area contributed by atoms with Crippen LogP contribution in [-0.4, -0.2) is 51.8 Å². The molecule has 0 atom stereocenters. The summed E-state index contributed by atoms with van der Waals surface area (Å²) in [5, 5.41) is 11.4. The van der Waals surface area contributed by atoms with Gasteiger partial charge in [-0.05, 0) is 43.3 Å². The van der Waals surface area contributed by atoms with Crippen LogP contribution in [0.1, 0.15) is 34.1 Å². The van der Waals surface area contributed by atoms with Gasteiger partial charge in [0.2, 0.25) is 0 Å². The zero-order valence-electron chi connectivity index (χ0n) is 18.4. The fourth-order valence-electron chi connectivity index (χ4n) is 2.66. The Morgan fingerprint density at radius 1 is 1.13 bits per heavy atom. The van der Waals surface area contributed by atoms with Crippen LogP contribution in [0.2, 0.25) is 0 Å². The van der Waals surface area contributed by atoms with Gasteiger partial charge in [0.1, 0.15) is 12.4 Å². The van der Waals surface area contributed by atoms with Crippen LogP contribution in [-0.2, 0) is 11.3 Å². The van der Waals surface area contributed by atoms with Crippen LogP contribution in [0.15, 0.2) is 40.7 Å². The van der Waals surface area contributed by atoms with Crippen LogP contribution < -0.4 is 20.7 Å². The summed E-state index contributed by atoms with van der Waals surface area (Å²) in [7, 11) is 1.66. The molecule has 0 aliphatic rings. The highest BCUT2D eigenvalue weighted by Crippen LogP contribution is 2.21. The lowest BCUT2D eigenvalue weighted by Crippen LogP contribution is -2.38. The number of hydrogen-bond acceptors (Lipinski definition) is 5. The Hall–Kier alpha value is -1.85. The van der Waals surface area contributed by atoms with Crippen molar-refractivity contribution in [2.45, 2.75) is 26.8 Å². The van der Waals surface area contributed by atoms with E-state index in [1.54, 1.807) is 7.11 Å². The molecule has 0 aliphatic carbocycles. The van der Waals surface area contributed by atoms with E-state index in [4.69, 9.17) is 9.47 Å². The Labute approximate surface area is 206 Å². The van der Waals surface area contributed by atoms with Crippen LogP contribution >= 0.6 is 35.3 Å². The van der Waals surface area contributed by atoms with E-state index in [0.29, 0.717) is 32.8 Å². The average Bonchev–Trinajstić information content (AvgIpc) is 3.28. The van der Waals surface area contributed by atoms with Crippen LogP contribution in [0.3, 0.4) is 0 Å². The Morgan fingerprint density at radius 2 is 1.94 bits per heavy atom. The van der Waals surface area contributed by atoms with Crippen molar-refractivity contribution in [3.05, 3.63) is 51.7 Å². The van der Waals surface area contributed by atoms with Gasteiger partial charge in [-0.1, -0.05) is 18.2 Å². The van der Waals surface area contributed by atoms with Gasteiger partial charge in [0.15, 0.2) is 5.96 Å². The van der Waals surface area contributed by atoms with Crippen molar-refractivity contribution in [2.75, 3.05) is 40.0 Å². The van der Waals surface area contributed by atoms with E-state index in [9.17, 15) is 4.79 Å². The topological polar surface area (TPSA) is 84.0 Å². The van der Waals surface area contributed by atoms with Crippen molar-refractivity contribution in [1.29, 1.82) is 0 Å². The number of nitrogens with one attached hydrogen (secondary N) is 3. The van der Waals surface area contributed by atoms with E-state index >= 15 is 0 Å². The van der Waals surface area contributed by atoms with Gasteiger partial charge in [0.25, 0.3) is 5.91 Å². The van der Waals surface area contributed by atoms with E-state index in [1.807, 2.05) is 43.5 Å². The Balaban J connectivity index is 0.00000480. The standard InChI is InChI=1S/C22H32N4O3S.HI/c1-4-23-22(25-11-6-10-24-21(27)20-7-5-14-30-20)26-16-18-9-8-17(2)15-19(18)29-13-12-28-3;/h5,7-9,14-15H,4,6,10-13,16H2,1-3H3,(H,24,27)(H2,23,25,26);1H. The largest absolute Gasteiger partial charge is 0.491 e. The van der Waals surface area contributed by atoms with Gasteiger partial charge in [0.05, 0.1) is 18.0 Å². The lowest BCUT2D eigenvalue weighted by Gasteiger charge is -2.14. The molecule has 1 amide bonds. The Kier molecular flexibility index (Phi) is 13.9. The number of hydrogen-bond donors (Lipinski definition) is 3. The molecule has 0 spiro atoms. The normalized spacial score (nSPS) is 10.9. The molecule has 9 heteroatoms. The predicted octanol–water partition coefficient (Wildman–Crippen LogP) is 3.57. The maximum atomic E-state index is 11.9. The summed E-state index contributed by atoms with van der Waals surface area (Å²) >= 11 is 1.44. The number of aliphatic imine (C=N–C) groups is 1. The highest BCUT2D eigenvalue weighted by molar-refractivity contribution is 14.0. The highest BCUT2D eigenvalue weighted by atomic mass is 127. The van der Waals surface area contributed by atoms with Crippen LogP contribution in [0.5, 0.6) is 5.75 Å². The zero-order valence-corrected chi connectivity index (χ0v) is 21.5. The number of carbonyl (C=O) groups excluding carboxylic acids is 1. The van der Waals surface area contributed by atoms with E-state index in [0.717, 1.165) is 40.7 Å². The molecule has 0 aliphatic heterocycles. The number of rotatable bonds is 12. The van der Waals surface area contributed by atoms with Gasteiger partial charge in [-0.3, -0.25) is 4.79 Å². The van der Waals surface area contributed by atoms with Crippen molar-refractivity contribution >= 4 is 47.2 Å². The summed E-state index contributed by atoms with van der Waals surface area (Å²) in [6.07, 6.45) is 0.803. The first-order chi connectivity index (χ1) is 14.6. The van der Waals surface area contributed by atoms with Crippen LogP contribution in [0, 0.1) is 6.92 Å². The summed E-state index contributed by atoms with van der Waals surface area (Å²) in [5.41, 5.74) is 2.17. The molecule has 0 bridgehead atoms. The number of halogens is 1. The van der Waals surface area contributed by atoms with Crippen molar-refractivity contribution < 1.29 is 14.3 Å². The number of thiophene rings is 1. The summed E-state index contributed by atoms with van der Waals surface area (Å²) in [5.74, 6) is 1.55. The molecular weight excluding hydrogens is 527 g/mol. The molecule has 1 heterocycles. The third-order valence-corrected chi connectivity index (χ3v) is 5.06. The third-order valence-electron chi connectivity index (χ3n) is 4.20. The smallest absolute Gasteiger partial charge is 0.261 e. The summed E-state index contributed by atoms with van der Waals surface area (Å²) in [6, 6.07) is 9.83. The molecule has 0 fully saturated rings. The number of aryl methyl sites for hydroxylation is 1. The predicted molar refractivity (Wildman–Crippen MR) is 138 cm³/mol. The van der Waals surface area contributed by atoms with Crippen LogP contribution in [0.4, 0.5) is 0 Å². The minimum absolute atomic E-state index is 0. The molecule has 0 radical (unpaired) electrons. The number of ether oxygens (including phenoxy) is 2. The van der Waals surface area contributed by atoms with Crippen molar-refractivity contribution in [2.24, 2.45) is 4.99 Å². The molecule has 1 aromatic carbocycles. The van der Waals surface area contributed by atoms with E-state index < -0.39 is 0 Å². The molecule has 0 unspecified atom stereocenters. The highest BCUT2D eigenvalue weighted by Gasteiger charge is 2.06. The van der Waals surface area contributed by atoms with Gasteiger partial charge < -0.3 is 25.4 Å². The molecule has 0 saturated carbocycles. The second kappa shape index (κ2) is 15.9. The summed E-state index contributed by atoms with van der Waals surface area (Å²) in [6.45, 7) is 7.72. The van der Waals surface area contributed by atoms with Gasteiger partial charge in [-0.15, -0.1) is 35.3 Å². The van der Waals surface area contributed by atoms with Crippen molar-refractivity contribution in [1.82, 2.24) is 16.0 Å². The molecule has 2 rings (SSSR count). The quantitative estimate of drug-likeness (QED) is 0.160. The number of benzene rings is 1. The maximum absolute atomic E-state index is 11.9. The van der Waals surface area contributed by atoms with Gasteiger partial charge in [-0.25, -0.2) is 4.99 Å². The first-order valence-electron chi connectivity index (χ1n) is 10.2. The summed E-state index contributed by atoms with van der Waals surface area (Å²) in [4.78, 5) is 17.3. The van der Waals surface area contributed by atoms with E-state index in [1.165, 1.54) is 11.3 Å². The second-order valence-corrected chi connectivity index (χ2v) is 7.61. The maximum Gasteiger partial charge on any atom is 0.261 e. The van der Waals surface area contributed by atoms with Gasteiger partial charge in [0, 0.05) is 32.3 Å². The molecule has 0 saturated heterocycles. The van der Waals surface area contributed by atoms with E-state index in [-0.39, 0.29) is 29.9 Å².